The van der Waals surface area contributed by atoms with Gasteiger partial charge in [0.1, 0.15) is 0 Å². The van der Waals surface area contributed by atoms with Crippen LogP contribution in [0.3, 0.4) is 0 Å². The van der Waals surface area contributed by atoms with Crippen molar-refractivity contribution in [1.29, 1.82) is 0 Å². The molecule has 1 N–H and O–H groups in total. The normalized spacial score (nSPS) is 16.3. The summed E-state index contributed by atoms with van der Waals surface area (Å²) in [5, 5.41) is 7.26. The number of fused-ring (bicyclic) bond motifs is 1. The maximum absolute atomic E-state index is 12.6. The van der Waals surface area contributed by atoms with Crippen LogP contribution >= 0.6 is 0 Å². The largest absolute Gasteiger partial charge is 0.379 e. The monoisotopic (exact) mass is 366 g/mol. The van der Waals surface area contributed by atoms with Crippen LogP contribution in [0.1, 0.15) is 27.9 Å². The summed E-state index contributed by atoms with van der Waals surface area (Å²) in [5.74, 6) is 0.257. The van der Waals surface area contributed by atoms with E-state index in [1.807, 2.05) is 31.2 Å². The molecule has 0 aliphatic carbocycles. The van der Waals surface area contributed by atoms with E-state index in [9.17, 15) is 4.79 Å². The number of ether oxygens (including phenoxy) is 1. The van der Waals surface area contributed by atoms with Crippen molar-refractivity contribution in [2.75, 3.05) is 32.8 Å². The molecule has 3 heterocycles. The summed E-state index contributed by atoms with van der Waals surface area (Å²) in [6.07, 6.45) is 1.66. The fourth-order valence-corrected chi connectivity index (χ4v) is 3.29. The first-order valence-corrected chi connectivity index (χ1v) is 9.06. The first-order chi connectivity index (χ1) is 13.2. The quantitative estimate of drug-likeness (QED) is 0.731. The van der Waals surface area contributed by atoms with Gasteiger partial charge >= 0.3 is 0 Å². The number of carbonyl (C=O) groups excluding carboxylic acids is 1. The van der Waals surface area contributed by atoms with Gasteiger partial charge in [-0.1, -0.05) is 30.3 Å². The molecule has 1 saturated heterocycles. The topological polar surface area (TPSA) is 84.7 Å². The lowest BCUT2D eigenvalue weighted by atomic mass is 10.0. The van der Waals surface area contributed by atoms with Gasteiger partial charge in [0.2, 0.25) is 5.82 Å². The highest BCUT2D eigenvalue weighted by atomic mass is 16.5. The minimum absolute atomic E-state index is 0.0796. The zero-order valence-corrected chi connectivity index (χ0v) is 15.2. The Balaban J connectivity index is 1.50. The van der Waals surface area contributed by atoms with Crippen molar-refractivity contribution in [2.45, 2.75) is 13.0 Å². The molecule has 1 atom stereocenters. The lowest BCUT2D eigenvalue weighted by Crippen LogP contribution is -2.44. The lowest BCUT2D eigenvalue weighted by Gasteiger charge is -2.34. The molecule has 2 aromatic heterocycles. The Morgan fingerprint density at radius 3 is 2.74 bits per heavy atom. The predicted molar refractivity (Wildman–Crippen MR) is 99.4 cm³/mol. The molecule has 1 aromatic carbocycles. The summed E-state index contributed by atoms with van der Waals surface area (Å²) >= 11 is 0. The molecule has 8 heteroatoms. The van der Waals surface area contributed by atoms with Gasteiger partial charge in [0.25, 0.3) is 11.7 Å². The second-order valence-electron chi connectivity index (χ2n) is 6.52. The van der Waals surface area contributed by atoms with Crippen molar-refractivity contribution >= 4 is 11.7 Å². The Labute approximate surface area is 157 Å². The third-order valence-corrected chi connectivity index (χ3v) is 4.76. The number of benzene rings is 1. The van der Waals surface area contributed by atoms with Crippen LogP contribution in [-0.4, -0.2) is 63.2 Å². The van der Waals surface area contributed by atoms with Gasteiger partial charge in [-0.2, -0.15) is 4.98 Å². The van der Waals surface area contributed by atoms with E-state index < -0.39 is 0 Å². The molecule has 0 spiro atoms. The number of morpholine rings is 1. The second-order valence-corrected chi connectivity index (χ2v) is 6.52. The van der Waals surface area contributed by atoms with Gasteiger partial charge in [0.05, 0.1) is 19.3 Å². The molecule has 0 bridgehead atoms. The molecule has 1 unspecified atom stereocenters. The van der Waals surface area contributed by atoms with E-state index in [0.29, 0.717) is 25.5 Å². The number of aryl methyl sites for hydroxylation is 1. The third-order valence-electron chi connectivity index (χ3n) is 4.76. The molecule has 1 aliphatic rings. The van der Waals surface area contributed by atoms with E-state index in [4.69, 9.17) is 4.74 Å². The molecule has 140 valence electrons. The molecule has 0 radical (unpaired) electrons. The van der Waals surface area contributed by atoms with Crippen LogP contribution in [0.5, 0.6) is 0 Å². The average molecular weight is 366 g/mol. The van der Waals surface area contributed by atoms with Crippen molar-refractivity contribution < 1.29 is 9.53 Å². The summed E-state index contributed by atoms with van der Waals surface area (Å²) in [6.45, 7) is 5.46. The van der Waals surface area contributed by atoms with Crippen LogP contribution in [0.4, 0.5) is 0 Å². The van der Waals surface area contributed by atoms with Gasteiger partial charge in [-0.15, -0.1) is 5.10 Å². The zero-order chi connectivity index (χ0) is 18.6. The van der Waals surface area contributed by atoms with Crippen LogP contribution in [0.25, 0.3) is 5.78 Å². The van der Waals surface area contributed by atoms with E-state index in [1.54, 1.807) is 10.7 Å². The van der Waals surface area contributed by atoms with Crippen LogP contribution in [0.15, 0.2) is 42.6 Å². The van der Waals surface area contributed by atoms with Crippen molar-refractivity contribution in [1.82, 2.24) is 29.8 Å². The van der Waals surface area contributed by atoms with Crippen LogP contribution in [-0.2, 0) is 4.74 Å². The Morgan fingerprint density at radius 2 is 2.00 bits per heavy atom. The van der Waals surface area contributed by atoms with E-state index in [-0.39, 0.29) is 17.8 Å². The molecular formula is C19H22N6O2. The highest BCUT2D eigenvalue weighted by Gasteiger charge is 2.24. The Morgan fingerprint density at radius 1 is 1.22 bits per heavy atom. The van der Waals surface area contributed by atoms with Crippen LogP contribution in [0, 0.1) is 6.92 Å². The number of carbonyl (C=O) groups is 1. The molecular weight excluding hydrogens is 344 g/mol. The highest BCUT2D eigenvalue weighted by molar-refractivity contribution is 5.90. The lowest BCUT2D eigenvalue weighted by molar-refractivity contribution is 0.0162. The van der Waals surface area contributed by atoms with Gasteiger partial charge in [0, 0.05) is 31.5 Å². The van der Waals surface area contributed by atoms with Gasteiger partial charge in [-0.3, -0.25) is 9.69 Å². The zero-order valence-electron chi connectivity index (χ0n) is 15.2. The predicted octanol–water partition coefficient (Wildman–Crippen LogP) is 1.24. The van der Waals surface area contributed by atoms with Crippen molar-refractivity contribution in [3.05, 3.63) is 59.7 Å². The number of nitrogens with zero attached hydrogens (tertiary/aromatic N) is 5. The first-order valence-electron chi connectivity index (χ1n) is 9.06. The molecule has 1 amide bonds. The number of rotatable bonds is 5. The Kier molecular flexibility index (Phi) is 5.08. The molecule has 4 rings (SSSR count). The fourth-order valence-electron chi connectivity index (χ4n) is 3.29. The molecule has 8 nitrogen and oxygen atoms in total. The highest BCUT2D eigenvalue weighted by Crippen LogP contribution is 2.21. The summed E-state index contributed by atoms with van der Waals surface area (Å²) in [5.41, 5.74) is 2.04. The minimum atomic E-state index is -0.297. The van der Waals surface area contributed by atoms with E-state index in [1.165, 1.54) is 5.56 Å². The average Bonchev–Trinajstić information content (AvgIpc) is 3.16. The van der Waals surface area contributed by atoms with Crippen molar-refractivity contribution in [3.63, 3.8) is 0 Å². The Bertz CT molecular complexity index is 920. The number of nitrogens with one attached hydrogen (secondary N) is 1. The molecule has 1 aliphatic heterocycles. The van der Waals surface area contributed by atoms with Gasteiger partial charge < -0.3 is 10.1 Å². The van der Waals surface area contributed by atoms with Crippen LogP contribution < -0.4 is 5.32 Å². The number of aromatic nitrogens is 4. The summed E-state index contributed by atoms with van der Waals surface area (Å²) in [7, 11) is 0. The van der Waals surface area contributed by atoms with Gasteiger partial charge in [-0.05, 0) is 18.6 Å². The van der Waals surface area contributed by atoms with Gasteiger partial charge in [0.15, 0.2) is 0 Å². The SMILES string of the molecule is Cc1ccnc2nc(C(=O)NCC(c3ccccc3)N3CCOCC3)nn12. The van der Waals surface area contributed by atoms with E-state index in [0.717, 1.165) is 18.8 Å². The molecule has 27 heavy (non-hydrogen) atoms. The number of hydrogen-bond donors (Lipinski definition) is 1. The number of hydrogen-bond acceptors (Lipinski definition) is 6. The molecule has 0 saturated carbocycles. The fraction of sp³-hybridized carbons (Fsp3) is 0.368. The Hall–Kier alpha value is -2.84. The van der Waals surface area contributed by atoms with E-state index in [2.05, 4.69) is 37.4 Å². The summed E-state index contributed by atoms with van der Waals surface area (Å²) in [4.78, 5) is 23.3. The smallest absolute Gasteiger partial charge is 0.291 e. The summed E-state index contributed by atoms with van der Waals surface area (Å²) in [6, 6.07) is 12.1. The first kappa shape index (κ1) is 17.6. The maximum atomic E-state index is 12.6. The van der Waals surface area contributed by atoms with E-state index >= 15 is 0 Å². The summed E-state index contributed by atoms with van der Waals surface area (Å²) < 4.78 is 7.04. The number of amides is 1. The third kappa shape index (κ3) is 3.81. The molecule has 3 aromatic rings. The molecule has 1 fully saturated rings. The van der Waals surface area contributed by atoms with Crippen molar-refractivity contribution in [2.24, 2.45) is 0 Å². The standard InChI is InChI=1S/C19H22N6O2/c1-14-7-8-20-19-22-17(23-25(14)19)18(26)21-13-16(15-5-3-2-4-6-15)24-9-11-27-12-10-24/h2-8,16H,9-13H2,1H3,(H,21,26). The maximum Gasteiger partial charge on any atom is 0.291 e. The van der Waals surface area contributed by atoms with Crippen molar-refractivity contribution in [3.8, 4) is 0 Å². The van der Waals surface area contributed by atoms with Crippen LogP contribution in [0.2, 0.25) is 0 Å². The van der Waals surface area contributed by atoms with Gasteiger partial charge in [-0.25, -0.2) is 9.50 Å². The minimum Gasteiger partial charge on any atom is -0.379 e. The second kappa shape index (κ2) is 7.81.